The van der Waals surface area contributed by atoms with E-state index in [4.69, 9.17) is 16.6 Å². The Morgan fingerprint density at radius 2 is 1.56 bits per heavy atom. The number of nitrogens with one attached hydrogen (secondary N) is 3. The zero-order valence-electron chi connectivity index (χ0n) is 14.7. The van der Waals surface area contributed by atoms with Gasteiger partial charge in [0.05, 0.1) is 19.3 Å². The minimum Gasteiger partial charge on any atom is -0.480 e. The molecule has 0 aliphatic heterocycles. The van der Waals surface area contributed by atoms with Crippen LogP contribution in [0, 0.1) is 0 Å². The minimum absolute atomic E-state index is 0.182. The third-order valence-corrected chi connectivity index (χ3v) is 3.38. The number of nitrogens with two attached hydrogens (primary N) is 2. The molecule has 0 fully saturated rings. The van der Waals surface area contributed by atoms with Crippen LogP contribution in [-0.2, 0) is 24.0 Å². The number of rotatable bonds is 12. The molecule has 0 aliphatic rings. The van der Waals surface area contributed by atoms with Crippen LogP contribution in [0.15, 0.2) is 0 Å². The number of aliphatic carboxylic acids is 1. The van der Waals surface area contributed by atoms with Crippen molar-refractivity contribution in [2.45, 2.75) is 44.0 Å². The van der Waals surface area contributed by atoms with Gasteiger partial charge in [0.2, 0.25) is 23.6 Å². The van der Waals surface area contributed by atoms with Crippen molar-refractivity contribution < 1.29 is 39.3 Å². The third kappa shape index (κ3) is 8.94. The highest BCUT2D eigenvalue weighted by molar-refractivity contribution is 5.94. The van der Waals surface area contributed by atoms with E-state index < -0.39 is 67.0 Å². The van der Waals surface area contributed by atoms with Crippen LogP contribution >= 0.6 is 0 Å². The predicted octanol–water partition coefficient (Wildman–Crippen LogP) is -4.88. The first kappa shape index (κ1) is 24.2. The van der Waals surface area contributed by atoms with Gasteiger partial charge in [-0.05, 0) is 13.3 Å². The second-order valence-corrected chi connectivity index (χ2v) is 5.64. The lowest BCUT2D eigenvalue weighted by Crippen LogP contribution is -2.58. The molecular weight excluding hydrogens is 366 g/mol. The van der Waals surface area contributed by atoms with Crippen molar-refractivity contribution in [2.75, 3.05) is 13.2 Å². The summed E-state index contributed by atoms with van der Waals surface area (Å²) in [6.07, 6.45) is -1.87. The summed E-state index contributed by atoms with van der Waals surface area (Å²) >= 11 is 0. The van der Waals surface area contributed by atoms with Gasteiger partial charge in [0, 0.05) is 6.42 Å². The molecule has 13 heteroatoms. The highest BCUT2D eigenvalue weighted by atomic mass is 16.4. The Morgan fingerprint density at radius 1 is 1.00 bits per heavy atom. The largest absolute Gasteiger partial charge is 0.480 e. The molecule has 0 saturated heterocycles. The van der Waals surface area contributed by atoms with Crippen LogP contribution in [0.25, 0.3) is 0 Å². The zero-order valence-corrected chi connectivity index (χ0v) is 14.7. The van der Waals surface area contributed by atoms with E-state index in [1.54, 1.807) is 0 Å². The average Bonchev–Trinajstić information content (AvgIpc) is 2.59. The topological polar surface area (TPSA) is 234 Å². The van der Waals surface area contributed by atoms with Gasteiger partial charge in [-0.15, -0.1) is 0 Å². The van der Waals surface area contributed by atoms with E-state index in [-0.39, 0.29) is 12.8 Å². The molecule has 0 rings (SSSR count). The molecule has 27 heavy (non-hydrogen) atoms. The maximum atomic E-state index is 12.3. The minimum atomic E-state index is -1.66. The molecule has 0 spiro atoms. The van der Waals surface area contributed by atoms with E-state index in [9.17, 15) is 34.2 Å². The number of carbonyl (C=O) groups is 5. The lowest BCUT2D eigenvalue weighted by molar-refractivity contribution is -0.145. The number of carbonyl (C=O) groups excluding carboxylic acids is 4. The Kier molecular flexibility index (Phi) is 10.6. The number of aliphatic hydroxyl groups excluding tert-OH is 2. The summed E-state index contributed by atoms with van der Waals surface area (Å²) in [5.74, 6) is -4.94. The fourth-order valence-electron chi connectivity index (χ4n) is 1.92. The van der Waals surface area contributed by atoms with Gasteiger partial charge >= 0.3 is 5.97 Å². The lowest BCUT2D eigenvalue weighted by Gasteiger charge is -2.24. The summed E-state index contributed by atoms with van der Waals surface area (Å²) in [6.45, 7) is -0.191. The number of primary amides is 1. The van der Waals surface area contributed by atoms with Gasteiger partial charge in [0.25, 0.3) is 0 Å². The van der Waals surface area contributed by atoms with Gasteiger partial charge in [-0.1, -0.05) is 0 Å². The van der Waals surface area contributed by atoms with E-state index in [0.29, 0.717) is 0 Å². The second kappa shape index (κ2) is 11.8. The second-order valence-electron chi connectivity index (χ2n) is 5.64. The summed E-state index contributed by atoms with van der Waals surface area (Å²) in [5, 5.41) is 33.9. The molecule has 0 aromatic carbocycles. The molecule has 0 aliphatic carbocycles. The van der Waals surface area contributed by atoms with E-state index in [0.717, 1.165) is 6.92 Å². The van der Waals surface area contributed by atoms with Gasteiger partial charge in [0.15, 0.2) is 6.04 Å². The smallest absolute Gasteiger partial charge is 0.328 e. The Hall–Kier alpha value is -2.77. The van der Waals surface area contributed by atoms with Gasteiger partial charge < -0.3 is 42.7 Å². The molecule has 4 unspecified atom stereocenters. The van der Waals surface area contributed by atoms with Crippen LogP contribution in [0.4, 0.5) is 0 Å². The summed E-state index contributed by atoms with van der Waals surface area (Å²) in [5.41, 5.74) is 10.1. The highest BCUT2D eigenvalue weighted by Crippen LogP contribution is 2.00. The SMILES string of the molecule is CC(O)C(NC(=O)C(CO)NC(=O)C(CCC(N)=O)NC(=O)CN)C(=O)O. The Bertz CT molecular complexity index is 568. The van der Waals surface area contributed by atoms with Crippen molar-refractivity contribution in [3.05, 3.63) is 0 Å². The van der Waals surface area contributed by atoms with Gasteiger partial charge in [0.1, 0.15) is 12.1 Å². The van der Waals surface area contributed by atoms with E-state index in [1.165, 1.54) is 0 Å². The normalized spacial score (nSPS) is 15.0. The van der Waals surface area contributed by atoms with Crippen molar-refractivity contribution >= 4 is 29.6 Å². The highest BCUT2D eigenvalue weighted by Gasteiger charge is 2.31. The number of hydrogen-bond acceptors (Lipinski definition) is 8. The molecule has 13 nitrogen and oxygen atoms in total. The molecular formula is C14H25N5O8. The van der Waals surface area contributed by atoms with Crippen LogP contribution in [0.1, 0.15) is 19.8 Å². The van der Waals surface area contributed by atoms with Crippen LogP contribution < -0.4 is 27.4 Å². The van der Waals surface area contributed by atoms with Crippen LogP contribution in [-0.4, -0.2) is 82.3 Å². The quantitative estimate of drug-likeness (QED) is 0.159. The molecule has 0 heterocycles. The summed E-state index contributed by atoms with van der Waals surface area (Å²) < 4.78 is 0. The standard InChI is InChI=1S/C14H25N5O8/c1-6(21)11(14(26)27)19-13(25)8(5-20)18-12(24)7(2-3-9(16)22)17-10(23)4-15/h6-8,11,20-21H,2-5,15H2,1H3,(H2,16,22)(H,17,23)(H,18,24)(H,19,25)(H,26,27). The molecule has 0 aromatic heterocycles. The lowest BCUT2D eigenvalue weighted by atomic mass is 10.1. The maximum Gasteiger partial charge on any atom is 0.328 e. The Balaban J connectivity index is 5.10. The predicted molar refractivity (Wildman–Crippen MR) is 89.7 cm³/mol. The van der Waals surface area contributed by atoms with Gasteiger partial charge in [-0.25, -0.2) is 4.79 Å². The molecule has 0 aromatic rings. The van der Waals surface area contributed by atoms with Gasteiger partial charge in [-0.2, -0.15) is 0 Å². The van der Waals surface area contributed by atoms with Crippen molar-refractivity contribution in [2.24, 2.45) is 11.5 Å². The first-order valence-electron chi connectivity index (χ1n) is 7.93. The summed E-state index contributed by atoms with van der Waals surface area (Å²) in [4.78, 5) is 57.6. The van der Waals surface area contributed by atoms with Crippen LogP contribution in [0.5, 0.6) is 0 Å². The van der Waals surface area contributed by atoms with E-state index in [2.05, 4.69) is 10.6 Å². The number of carboxylic acid groups (broad SMARTS) is 1. The molecule has 10 N–H and O–H groups in total. The fraction of sp³-hybridized carbons (Fsp3) is 0.643. The zero-order chi connectivity index (χ0) is 21.1. The monoisotopic (exact) mass is 391 g/mol. The number of hydrogen-bond donors (Lipinski definition) is 8. The van der Waals surface area contributed by atoms with Crippen molar-refractivity contribution in [1.29, 1.82) is 0 Å². The molecule has 0 saturated carbocycles. The van der Waals surface area contributed by atoms with Crippen molar-refractivity contribution in [1.82, 2.24) is 16.0 Å². The number of amides is 4. The Labute approximate surface area is 154 Å². The summed E-state index contributed by atoms with van der Waals surface area (Å²) in [7, 11) is 0. The molecule has 4 amide bonds. The van der Waals surface area contributed by atoms with E-state index in [1.807, 2.05) is 5.32 Å². The average molecular weight is 391 g/mol. The third-order valence-electron chi connectivity index (χ3n) is 3.38. The molecule has 0 radical (unpaired) electrons. The number of aliphatic hydroxyl groups is 2. The first-order valence-corrected chi connectivity index (χ1v) is 7.93. The maximum absolute atomic E-state index is 12.3. The van der Waals surface area contributed by atoms with Crippen molar-refractivity contribution in [3.63, 3.8) is 0 Å². The molecule has 154 valence electrons. The summed E-state index contributed by atoms with van der Waals surface area (Å²) in [6, 6.07) is -4.49. The molecule has 0 bridgehead atoms. The van der Waals surface area contributed by atoms with Crippen LogP contribution in [0.3, 0.4) is 0 Å². The Morgan fingerprint density at radius 3 is 1.96 bits per heavy atom. The van der Waals surface area contributed by atoms with Crippen molar-refractivity contribution in [3.8, 4) is 0 Å². The first-order chi connectivity index (χ1) is 12.5. The van der Waals surface area contributed by atoms with Gasteiger partial charge in [-0.3, -0.25) is 19.2 Å². The number of carboxylic acids is 1. The molecule has 4 atom stereocenters. The fourth-order valence-corrected chi connectivity index (χ4v) is 1.92. The van der Waals surface area contributed by atoms with E-state index >= 15 is 0 Å². The van der Waals surface area contributed by atoms with Crippen LogP contribution in [0.2, 0.25) is 0 Å².